The number of likely N-dealkylation sites (tertiary alicyclic amines) is 2. The highest BCUT2D eigenvalue weighted by Crippen LogP contribution is 2.42. The highest BCUT2D eigenvalue weighted by molar-refractivity contribution is 5.88. The number of nitrogens with zero attached hydrogens (tertiary/aromatic N) is 2. The first-order valence-corrected chi connectivity index (χ1v) is 9.44. The van der Waals surface area contributed by atoms with Crippen LogP contribution >= 0.6 is 0 Å². The number of carboxylic acids is 1. The molecule has 25 heavy (non-hydrogen) atoms. The van der Waals surface area contributed by atoms with E-state index in [1.54, 1.807) is 0 Å². The zero-order valence-corrected chi connectivity index (χ0v) is 14.6. The summed E-state index contributed by atoms with van der Waals surface area (Å²) in [5.41, 5.74) is 1.69. The van der Waals surface area contributed by atoms with E-state index >= 15 is 0 Å². The highest BCUT2D eigenvalue weighted by atomic mass is 16.4. The molecule has 1 aliphatic carbocycles. The van der Waals surface area contributed by atoms with Crippen LogP contribution in [-0.4, -0.2) is 51.5 Å². The predicted molar refractivity (Wildman–Crippen MR) is 94.1 cm³/mol. The Morgan fingerprint density at radius 1 is 1.08 bits per heavy atom. The minimum atomic E-state index is -0.806. The monoisotopic (exact) mass is 342 g/mol. The van der Waals surface area contributed by atoms with Gasteiger partial charge in [-0.3, -0.25) is 14.5 Å². The maximum atomic E-state index is 13.2. The van der Waals surface area contributed by atoms with E-state index in [-0.39, 0.29) is 12.0 Å². The van der Waals surface area contributed by atoms with Crippen molar-refractivity contribution < 1.29 is 14.7 Å². The van der Waals surface area contributed by atoms with Crippen molar-refractivity contribution in [2.24, 2.45) is 0 Å². The number of amides is 1. The van der Waals surface area contributed by atoms with Gasteiger partial charge in [0.25, 0.3) is 0 Å². The Labute approximate surface area is 148 Å². The zero-order valence-electron chi connectivity index (χ0n) is 14.6. The van der Waals surface area contributed by atoms with Crippen molar-refractivity contribution >= 4 is 11.9 Å². The Kier molecular flexibility index (Phi) is 4.28. The Balaban J connectivity index is 1.49. The molecule has 5 nitrogen and oxygen atoms in total. The van der Waals surface area contributed by atoms with E-state index in [4.69, 9.17) is 5.11 Å². The van der Waals surface area contributed by atoms with Gasteiger partial charge >= 0.3 is 5.97 Å². The minimum Gasteiger partial charge on any atom is -0.481 e. The van der Waals surface area contributed by atoms with Crippen LogP contribution in [0.3, 0.4) is 0 Å². The van der Waals surface area contributed by atoms with Crippen LogP contribution in [0.4, 0.5) is 0 Å². The van der Waals surface area contributed by atoms with Crippen molar-refractivity contribution in [3.63, 3.8) is 0 Å². The number of hydrogen-bond acceptors (Lipinski definition) is 3. The fraction of sp³-hybridized carbons (Fsp3) is 0.600. The Morgan fingerprint density at radius 3 is 2.36 bits per heavy atom. The molecular formula is C20H26N2O3. The second-order valence-corrected chi connectivity index (χ2v) is 7.78. The average Bonchev–Trinajstić information content (AvgIpc) is 3.35. The van der Waals surface area contributed by atoms with E-state index in [1.165, 1.54) is 12.8 Å². The maximum absolute atomic E-state index is 13.2. The maximum Gasteiger partial charge on any atom is 0.307 e. The molecule has 2 saturated heterocycles. The number of carboxylic acid groups (broad SMARTS) is 1. The van der Waals surface area contributed by atoms with Gasteiger partial charge in [-0.05, 0) is 56.2 Å². The van der Waals surface area contributed by atoms with Crippen molar-refractivity contribution in [2.45, 2.75) is 63.1 Å². The van der Waals surface area contributed by atoms with Crippen molar-refractivity contribution in [2.75, 3.05) is 13.1 Å². The summed E-state index contributed by atoms with van der Waals surface area (Å²) in [6.45, 7) is 2.68. The van der Waals surface area contributed by atoms with Gasteiger partial charge in [0.1, 0.15) is 5.54 Å². The Morgan fingerprint density at radius 2 is 1.72 bits per heavy atom. The standard InChI is InChI=1S/C20H26N2O3/c23-18(24)13-15-3-5-16(6-4-15)14-21-11-1-9-20(21)10-2-12-22(19(20)25)17-7-8-17/h3-6,17H,1-2,7-14H2,(H,23,24). The lowest BCUT2D eigenvalue weighted by molar-refractivity contribution is -0.148. The van der Waals surface area contributed by atoms with E-state index in [0.29, 0.717) is 11.9 Å². The molecule has 0 aromatic heterocycles. The molecule has 2 heterocycles. The van der Waals surface area contributed by atoms with Crippen LogP contribution in [0, 0.1) is 0 Å². The molecule has 5 heteroatoms. The van der Waals surface area contributed by atoms with Crippen LogP contribution in [0.25, 0.3) is 0 Å². The van der Waals surface area contributed by atoms with Crippen LogP contribution in [0.5, 0.6) is 0 Å². The van der Waals surface area contributed by atoms with Crippen LogP contribution in [0.2, 0.25) is 0 Å². The molecule has 1 aromatic carbocycles. The van der Waals surface area contributed by atoms with Gasteiger partial charge in [0.05, 0.1) is 6.42 Å². The molecule has 1 atom stereocenters. The Bertz CT molecular complexity index is 668. The summed E-state index contributed by atoms with van der Waals surface area (Å²) in [5, 5.41) is 8.89. The summed E-state index contributed by atoms with van der Waals surface area (Å²) in [6.07, 6.45) is 6.55. The van der Waals surface area contributed by atoms with E-state index < -0.39 is 5.97 Å². The second-order valence-electron chi connectivity index (χ2n) is 7.78. The second kappa shape index (κ2) is 6.45. The molecule has 1 amide bonds. The predicted octanol–water partition coefficient (Wildman–Crippen LogP) is 2.43. The first-order valence-electron chi connectivity index (χ1n) is 9.44. The van der Waals surface area contributed by atoms with Crippen LogP contribution in [0.1, 0.15) is 49.7 Å². The summed E-state index contributed by atoms with van der Waals surface area (Å²) in [4.78, 5) is 28.6. The number of piperidine rings is 1. The minimum absolute atomic E-state index is 0.0583. The van der Waals surface area contributed by atoms with E-state index in [2.05, 4.69) is 9.80 Å². The number of carbonyl (C=O) groups is 2. The van der Waals surface area contributed by atoms with Crippen LogP contribution < -0.4 is 0 Å². The molecule has 0 bridgehead atoms. The third kappa shape index (κ3) is 3.17. The Hall–Kier alpha value is -1.88. The lowest BCUT2D eigenvalue weighted by atomic mass is 9.85. The van der Waals surface area contributed by atoms with Gasteiger partial charge in [-0.25, -0.2) is 0 Å². The summed E-state index contributed by atoms with van der Waals surface area (Å²) in [7, 11) is 0. The number of benzene rings is 1. The molecule has 3 fully saturated rings. The molecule has 1 N–H and O–H groups in total. The molecule has 1 aromatic rings. The molecule has 4 rings (SSSR count). The molecular weight excluding hydrogens is 316 g/mol. The summed E-state index contributed by atoms with van der Waals surface area (Å²) >= 11 is 0. The van der Waals surface area contributed by atoms with Gasteiger partial charge in [-0.2, -0.15) is 0 Å². The van der Waals surface area contributed by atoms with Gasteiger partial charge in [-0.15, -0.1) is 0 Å². The zero-order chi connectivity index (χ0) is 17.4. The van der Waals surface area contributed by atoms with Gasteiger partial charge in [0.15, 0.2) is 0 Å². The molecule has 134 valence electrons. The van der Waals surface area contributed by atoms with Gasteiger partial charge < -0.3 is 10.0 Å². The van der Waals surface area contributed by atoms with Crippen LogP contribution in [0.15, 0.2) is 24.3 Å². The first-order chi connectivity index (χ1) is 12.1. The topological polar surface area (TPSA) is 60.9 Å². The quantitative estimate of drug-likeness (QED) is 0.893. The molecule has 2 aliphatic heterocycles. The van der Waals surface area contributed by atoms with Gasteiger partial charge in [0, 0.05) is 19.1 Å². The van der Waals surface area contributed by atoms with E-state index in [1.807, 2.05) is 24.3 Å². The third-order valence-electron chi connectivity index (χ3n) is 6.01. The highest BCUT2D eigenvalue weighted by Gasteiger charge is 2.52. The lowest BCUT2D eigenvalue weighted by Gasteiger charge is -2.45. The van der Waals surface area contributed by atoms with Crippen LogP contribution in [-0.2, 0) is 22.6 Å². The molecule has 1 spiro atoms. The van der Waals surface area contributed by atoms with E-state index in [0.717, 1.165) is 56.4 Å². The number of carbonyl (C=O) groups excluding carboxylic acids is 1. The molecule has 1 saturated carbocycles. The van der Waals surface area contributed by atoms with E-state index in [9.17, 15) is 9.59 Å². The van der Waals surface area contributed by atoms with Gasteiger partial charge in [-0.1, -0.05) is 24.3 Å². The first kappa shape index (κ1) is 16.6. The molecule has 0 radical (unpaired) electrons. The summed E-state index contributed by atoms with van der Waals surface area (Å²) < 4.78 is 0. The number of hydrogen-bond donors (Lipinski definition) is 1. The van der Waals surface area contributed by atoms with Crippen molar-refractivity contribution in [1.82, 2.24) is 9.80 Å². The largest absolute Gasteiger partial charge is 0.481 e. The fourth-order valence-electron chi connectivity index (χ4n) is 4.60. The average molecular weight is 342 g/mol. The van der Waals surface area contributed by atoms with Gasteiger partial charge in [0.2, 0.25) is 5.91 Å². The third-order valence-corrected chi connectivity index (χ3v) is 6.01. The summed E-state index contributed by atoms with van der Waals surface area (Å²) in [6, 6.07) is 8.31. The fourth-order valence-corrected chi connectivity index (χ4v) is 4.60. The van der Waals surface area contributed by atoms with Crippen molar-refractivity contribution in [3.8, 4) is 0 Å². The normalized spacial score (nSPS) is 27.2. The molecule has 1 unspecified atom stereocenters. The molecule has 3 aliphatic rings. The van der Waals surface area contributed by atoms with Crippen molar-refractivity contribution in [3.05, 3.63) is 35.4 Å². The smallest absolute Gasteiger partial charge is 0.307 e. The van der Waals surface area contributed by atoms with Crippen molar-refractivity contribution in [1.29, 1.82) is 0 Å². The number of rotatable bonds is 5. The number of aliphatic carboxylic acids is 1. The lowest BCUT2D eigenvalue weighted by Crippen LogP contribution is -2.60. The SMILES string of the molecule is O=C(O)Cc1ccc(CN2CCCC23CCCN(C2CC2)C3=O)cc1. The summed E-state index contributed by atoms with van der Waals surface area (Å²) in [5.74, 6) is -0.444.